The molecule has 7 heteroatoms. The summed E-state index contributed by atoms with van der Waals surface area (Å²) in [6, 6.07) is 2.00. The van der Waals surface area contributed by atoms with Crippen LogP contribution in [-0.2, 0) is 6.18 Å². The number of rotatable bonds is 3. The lowest BCUT2D eigenvalue weighted by atomic mass is 10.3. The van der Waals surface area contributed by atoms with Crippen LogP contribution in [0.5, 0.6) is 0 Å². The van der Waals surface area contributed by atoms with Crippen LogP contribution in [0.4, 0.5) is 19.0 Å². The molecule has 1 atom stereocenters. The topological polar surface area (TPSA) is 58.0 Å². The van der Waals surface area contributed by atoms with E-state index in [0.717, 1.165) is 12.1 Å². The fourth-order valence-electron chi connectivity index (χ4n) is 0.830. The van der Waals surface area contributed by atoms with E-state index in [1.165, 1.54) is 0 Å². The molecule has 0 aromatic carbocycles. The number of anilines is 1. The van der Waals surface area contributed by atoms with E-state index in [2.05, 4.69) is 15.5 Å². The molecule has 2 N–H and O–H groups in total. The summed E-state index contributed by atoms with van der Waals surface area (Å²) in [4.78, 5) is 0. The molecule has 15 heavy (non-hydrogen) atoms. The Bertz CT molecular complexity index is 310. The van der Waals surface area contributed by atoms with E-state index < -0.39 is 18.0 Å². The molecule has 1 aromatic rings. The number of aromatic nitrogens is 2. The molecule has 0 aliphatic carbocycles. The Hall–Kier alpha value is -1.37. The van der Waals surface area contributed by atoms with Gasteiger partial charge in [-0.3, -0.25) is 0 Å². The zero-order valence-electron chi connectivity index (χ0n) is 7.91. The Morgan fingerprint density at radius 2 is 2.07 bits per heavy atom. The monoisotopic (exact) mass is 221 g/mol. The molecular formula is C8H10F3N3O. The van der Waals surface area contributed by atoms with Crippen molar-refractivity contribution in [1.29, 1.82) is 0 Å². The average Bonchev–Trinajstić information content (AvgIpc) is 2.14. The second-order valence-electron chi connectivity index (χ2n) is 3.03. The lowest BCUT2D eigenvalue weighted by Crippen LogP contribution is -2.17. The predicted molar refractivity (Wildman–Crippen MR) is 47.2 cm³/mol. The van der Waals surface area contributed by atoms with Crippen molar-refractivity contribution in [3.63, 3.8) is 0 Å². The van der Waals surface area contributed by atoms with Gasteiger partial charge in [0, 0.05) is 6.54 Å². The van der Waals surface area contributed by atoms with Crippen LogP contribution in [-0.4, -0.2) is 28.0 Å². The van der Waals surface area contributed by atoms with Crippen molar-refractivity contribution in [2.75, 3.05) is 11.9 Å². The summed E-state index contributed by atoms with van der Waals surface area (Å²) < 4.78 is 36.2. The van der Waals surface area contributed by atoms with Crippen LogP contribution in [0.25, 0.3) is 0 Å². The Morgan fingerprint density at radius 3 is 2.47 bits per heavy atom. The van der Waals surface area contributed by atoms with Gasteiger partial charge in [0.15, 0.2) is 5.69 Å². The summed E-state index contributed by atoms with van der Waals surface area (Å²) >= 11 is 0. The number of aliphatic hydroxyl groups is 1. The molecule has 0 spiro atoms. The molecule has 4 nitrogen and oxygen atoms in total. The number of aliphatic hydroxyl groups excluding tert-OH is 1. The highest BCUT2D eigenvalue weighted by atomic mass is 19.4. The lowest BCUT2D eigenvalue weighted by Gasteiger charge is -2.08. The highest BCUT2D eigenvalue weighted by molar-refractivity contribution is 5.33. The third kappa shape index (κ3) is 3.70. The molecule has 1 unspecified atom stereocenters. The number of nitrogens with one attached hydrogen (secondary N) is 1. The average molecular weight is 221 g/mol. The summed E-state index contributed by atoms with van der Waals surface area (Å²) in [5, 5.41) is 17.9. The zero-order chi connectivity index (χ0) is 11.5. The quantitative estimate of drug-likeness (QED) is 0.807. The molecule has 0 radical (unpaired) electrons. The van der Waals surface area contributed by atoms with Gasteiger partial charge < -0.3 is 10.4 Å². The lowest BCUT2D eigenvalue weighted by molar-refractivity contribution is -0.141. The smallest absolute Gasteiger partial charge is 0.392 e. The van der Waals surface area contributed by atoms with Gasteiger partial charge in [-0.15, -0.1) is 10.2 Å². The fourth-order valence-corrected chi connectivity index (χ4v) is 0.830. The van der Waals surface area contributed by atoms with Gasteiger partial charge in [-0.25, -0.2) is 0 Å². The maximum atomic E-state index is 12.1. The van der Waals surface area contributed by atoms with Gasteiger partial charge in [-0.05, 0) is 19.1 Å². The Labute approximate surface area is 84.1 Å². The molecule has 0 amide bonds. The molecule has 0 fully saturated rings. The largest absolute Gasteiger partial charge is 0.435 e. The minimum absolute atomic E-state index is 0.198. The maximum Gasteiger partial charge on any atom is 0.435 e. The van der Waals surface area contributed by atoms with Gasteiger partial charge in [0.25, 0.3) is 0 Å². The minimum atomic E-state index is -4.48. The van der Waals surface area contributed by atoms with Crippen molar-refractivity contribution in [1.82, 2.24) is 10.2 Å². The SMILES string of the molecule is CC(O)CNc1ccc(C(F)(F)F)nn1. The first kappa shape index (κ1) is 11.7. The van der Waals surface area contributed by atoms with Gasteiger partial charge in [0.05, 0.1) is 6.10 Å². The zero-order valence-corrected chi connectivity index (χ0v) is 7.91. The standard InChI is InChI=1S/C8H10F3N3O/c1-5(15)4-12-7-3-2-6(13-14-7)8(9,10)11/h2-3,5,15H,4H2,1H3,(H,12,14). The number of hydrogen-bond donors (Lipinski definition) is 2. The molecule has 0 aliphatic rings. The molecule has 0 aliphatic heterocycles. The van der Waals surface area contributed by atoms with Crippen LogP contribution < -0.4 is 5.32 Å². The van der Waals surface area contributed by atoms with E-state index in [1.54, 1.807) is 6.92 Å². The Balaban J connectivity index is 2.65. The van der Waals surface area contributed by atoms with Crippen LogP contribution in [0, 0.1) is 0 Å². The Kier molecular flexibility index (Phi) is 3.46. The van der Waals surface area contributed by atoms with Gasteiger partial charge in [-0.1, -0.05) is 0 Å². The number of halogens is 3. The number of hydrogen-bond acceptors (Lipinski definition) is 4. The van der Waals surface area contributed by atoms with Gasteiger partial charge in [-0.2, -0.15) is 13.2 Å². The summed E-state index contributed by atoms with van der Waals surface area (Å²) in [6.07, 6.45) is -5.08. The van der Waals surface area contributed by atoms with Crippen molar-refractivity contribution in [3.8, 4) is 0 Å². The first-order valence-electron chi connectivity index (χ1n) is 4.22. The third-order valence-corrected chi connectivity index (χ3v) is 1.53. The summed E-state index contributed by atoms with van der Waals surface area (Å²) in [5.41, 5.74) is -1.04. The molecular weight excluding hydrogens is 211 g/mol. The van der Waals surface area contributed by atoms with Gasteiger partial charge >= 0.3 is 6.18 Å². The van der Waals surface area contributed by atoms with Crippen molar-refractivity contribution < 1.29 is 18.3 Å². The first-order valence-corrected chi connectivity index (χ1v) is 4.22. The van der Waals surface area contributed by atoms with E-state index in [4.69, 9.17) is 5.11 Å². The van der Waals surface area contributed by atoms with Crippen LogP contribution >= 0.6 is 0 Å². The Morgan fingerprint density at radius 1 is 1.40 bits per heavy atom. The number of alkyl halides is 3. The molecule has 1 rings (SSSR count). The van der Waals surface area contributed by atoms with E-state index in [0.29, 0.717) is 0 Å². The summed E-state index contributed by atoms with van der Waals surface area (Å²) in [7, 11) is 0. The van der Waals surface area contributed by atoms with Crippen molar-refractivity contribution >= 4 is 5.82 Å². The molecule has 0 bridgehead atoms. The van der Waals surface area contributed by atoms with Crippen LogP contribution in [0.1, 0.15) is 12.6 Å². The molecule has 0 saturated heterocycles. The van der Waals surface area contributed by atoms with Crippen molar-refractivity contribution in [3.05, 3.63) is 17.8 Å². The highest BCUT2D eigenvalue weighted by Crippen LogP contribution is 2.26. The van der Waals surface area contributed by atoms with Crippen molar-refractivity contribution in [2.45, 2.75) is 19.2 Å². The predicted octanol–water partition coefficient (Wildman–Crippen LogP) is 1.29. The molecule has 0 saturated carbocycles. The fraction of sp³-hybridized carbons (Fsp3) is 0.500. The van der Waals surface area contributed by atoms with E-state index in [-0.39, 0.29) is 12.4 Å². The van der Waals surface area contributed by atoms with Crippen molar-refractivity contribution in [2.24, 2.45) is 0 Å². The second kappa shape index (κ2) is 4.43. The molecule has 1 aromatic heterocycles. The van der Waals surface area contributed by atoms with Crippen LogP contribution in [0.15, 0.2) is 12.1 Å². The third-order valence-electron chi connectivity index (χ3n) is 1.53. The number of nitrogens with zero attached hydrogens (tertiary/aromatic N) is 2. The van der Waals surface area contributed by atoms with E-state index in [1.807, 2.05) is 0 Å². The van der Waals surface area contributed by atoms with E-state index >= 15 is 0 Å². The van der Waals surface area contributed by atoms with Crippen LogP contribution in [0.2, 0.25) is 0 Å². The second-order valence-corrected chi connectivity index (χ2v) is 3.03. The normalized spacial score (nSPS) is 13.7. The highest BCUT2D eigenvalue weighted by Gasteiger charge is 2.32. The summed E-state index contributed by atoms with van der Waals surface area (Å²) in [5.74, 6) is 0.198. The van der Waals surface area contributed by atoms with Crippen LogP contribution in [0.3, 0.4) is 0 Å². The van der Waals surface area contributed by atoms with Gasteiger partial charge in [0.2, 0.25) is 0 Å². The first-order chi connectivity index (χ1) is 6.89. The maximum absolute atomic E-state index is 12.1. The minimum Gasteiger partial charge on any atom is -0.392 e. The summed E-state index contributed by atoms with van der Waals surface area (Å²) in [6.45, 7) is 1.75. The molecule has 84 valence electrons. The van der Waals surface area contributed by atoms with Gasteiger partial charge in [0.1, 0.15) is 5.82 Å². The molecule has 1 heterocycles. The van der Waals surface area contributed by atoms with E-state index in [9.17, 15) is 13.2 Å².